The molecule has 8 heteroatoms. The molecule has 4 aromatic rings. The predicted molar refractivity (Wildman–Crippen MR) is 103 cm³/mol. The van der Waals surface area contributed by atoms with Gasteiger partial charge in [-0.2, -0.15) is 18.3 Å². The van der Waals surface area contributed by atoms with E-state index in [0.29, 0.717) is 28.2 Å². The van der Waals surface area contributed by atoms with Crippen LogP contribution in [0.2, 0.25) is 0 Å². The van der Waals surface area contributed by atoms with Crippen LogP contribution >= 0.6 is 0 Å². The molecule has 0 unspecified atom stereocenters. The quantitative estimate of drug-likeness (QED) is 0.439. The second kappa shape index (κ2) is 6.88. The van der Waals surface area contributed by atoms with Crippen LogP contribution < -0.4 is 5.32 Å². The molecule has 4 rings (SSSR count). The Morgan fingerprint density at radius 3 is 2.41 bits per heavy atom. The van der Waals surface area contributed by atoms with Crippen molar-refractivity contribution in [2.24, 2.45) is 7.05 Å². The maximum Gasteiger partial charge on any atom is 0.416 e. The Kier molecular flexibility index (Phi) is 4.49. The van der Waals surface area contributed by atoms with Crippen molar-refractivity contribution in [1.29, 1.82) is 0 Å². The molecule has 0 saturated carbocycles. The van der Waals surface area contributed by atoms with Crippen molar-refractivity contribution in [3.63, 3.8) is 0 Å². The monoisotopic (exact) mass is 400 g/mol. The first-order valence-electron chi connectivity index (χ1n) is 8.77. The van der Waals surface area contributed by atoms with E-state index in [2.05, 4.69) is 15.4 Å². The first-order chi connectivity index (χ1) is 13.7. The number of nitrogens with one attached hydrogen (secondary N) is 1. The second-order valence-electron chi connectivity index (χ2n) is 6.67. The minimum atomic E-state index is -4.44. The van der Waals surface area contributed by atoms with Gasteiger partial charge < -0.3 is 5.32 Å². The number of hydrogen-bond acceptors (Lipinski definition) is 3. The Labute approximate surface area is 163 Å². The highest BCUT2D eigenvalue weighted by atomic mass is 19.4. The number of fused-ring (bicyclic) bond motifs is 1. The Morgan fingerprint density at radius 1 is 1.00 bits per heavy atom. The summed E-state index contributed by atoms with van der Waals surface area (Å²) in [6.45, 7) is 1.80. The number of anilines is 2. The SMILES string of the molecule is Cc1nn(C)c2cc(-c3ccc(F)cc3)nc(Nc3cccc(C(F)(F)F)c3)c12. The Bertz CT molecular complexity index is 1190. The minimum Gasteiger partial charge on any atom is -0.340 e. The number of rotatable bonds is 3. The lowest BCUT2D eigenvalue weighted by Crippen LogP contribution is -2.05. The summed E-state index contributed by atoms with van der Waals surface area (Å²) in [6, 6.07) is 12.6. The van der Waals surface area contributed by atoms with E-state index in [1.54, 1.807) is 36.9 Å². The zero-order valence-electron chi connectivity index (χ0n) is 15.5. The van der Waals surface area contributed by atoms with Gasteiger partial charge in [-0.25, -0.2) is 9.37 Å². The number of aryl methyl sites for hydroxylation is 2. The van der Waals surface area contributed by atoms with Gasteiger partial charge in [0, 0.05) is 18.3 Å². The van der Waals surface area contributed by atoms with E-state index < -0.39 is 11.7 Å². The molecule has 2 aromatic carbocycles. The number of hydrogen-bond donors (Lipinski definition) is 1. The average Bonchev–Trinajstić information content (AvgIpc) is 2.96. The fourth-order valence-electron chi connectivity index (χ4n) is 3.24. The van der Waals surface area contributed by atoms with Crippen LogP contribution in [0.15, 0.2) is 54.6 Å². The van der Waals surface area contributed by atoms with Crippen molar-refractivity contribution in [3.8, 4) is 11.3 Å². The molecule has 0 aliphatic heterocycles. The zero-order valence-corrected chi connectivity index (χ0v) is 15.5. The van der Waals surface area contributed by atoms with Gasteiger partial charge in [0.15, 0.2) is 0 Å². The summed E-state index contributed by atoms with van der Waals surface area (Å²) >= 11 is 0. The van der Waals surface area contributed by atoms with Gasteiger partial charge in [0.1, 0.15) is 11.6 Å². The normalized spacial score (nSPS) is 11.8. The number of benzene rings is 2. The molecule has 148 valence electrons. The average molecular weight is 400 g/mol. The van der Waals surface area contributed by atoms with E-state index >= 15 is 0 Å². The van der Waals surface area contributed by atoms with Crippen molar-refractivity contribution in [2.45, 2.75) is 13.1 Å². The summed E-state index contributed by atoms with van der Waals surface area (Å²) in [5.41, 5.74) is 2.18. The van der Waals surface area contributed by atoms with Gasteiger partial charge in [-0.3, -0.25) is 4.68 Å². The maximum absolute atomic E-state index is 13.3. The Morgan fingerprint density at radius 2 is 1.72 bits per heavy atom. The lowest BCUT2D eigenvalue weighted by Gasteiger charge is -2.13. The van der Waals surface area contributed by atoms with E-state index in [1.807, 2.05) is 6.07 Å². The first kappa shape index (κ1) is 18.9. The minimum absolute atomic E-state index is 0.258. The number of halogens is 4. The molecule has 0 radical (unpaired) electrons. The highest BCUT2D eigenvalue weighted by Crippen LogP contribution is 2.34. The Hall–Kier alpha value is -3.42. The van der Waals surface area contributed by atoms with Crippen molar-refractivity contribution < 1.29 is 17.6 Å². The van der Waals surface area contributed by atoms with E-state index in [9.17, 15) is 17.6 Å². The lowest BCUT2D eigenvalue weighted by molar-refractivity contribution is -0.137. The molecule has 0 fully saturated rings. The molecule has 0 saturated heterocycles. The fraction of sp³-hybridized carbons (Fsp3) is 0.143. The van der Waals surface area contributed by atoms with Gasteiger partial charge in [0.25, 0.3) is 0 Å². The van der Waals surface area contributed by atoms with E-state index in [-0.39, 0.29) is 11.5 Å². The van der Waals surface area contributed by atoms with E-state index in [1.165, 1.54) is 18.2 Å². The molecule has 0 aliphatic rings. The van der Waals surface area contributed by atoms with Gasteiger partial charge in [0.2, 0.25) is 0 Å². The molecule has 0 atom stereocenters. The third-order valence-corrected chi connectivity index (χ3v) is 4.60. The third-order valence-electron chi connectivity index (χ3n) is 4.60. The summed E-state index contributed by atoms with van der Waals surface area (Å²) in [5, 5.41) is 8.10. The summed E-state index contributed by atoms with van der Waals surface area (Å²) in [7, 11) is 1.78. The van der Waals surface area contributed by atoms with Crippen LogP contribution in [0.5, 0.6) is 0 Å². The number of alkyl halides is 3. The largest absolute Gasteiger partial charge is 0.416 e. The van der Waals surface area contributed by atoms with Gasteiger partial charge in [-0.15, -0.1) is 0 Å². The smallest absolute Gasteiger partial charge is 0.340 e. The van der Waals surface area contributed by atoms with Crippen LogP contribution in [0.25, 0.3) is 22.2 Å². The number of pyridine rings is 1. The summed E-state index contributed by atoms with van der Waals surface area (Å²) in [6.07, 6.45) is -4.44. The second-order valence-corrected chi connectivity index (χ2v) is 6.67. The van der Waals surface area contributed by atoms with Crippen molar-refractivity contribution in [2.75, 3.05) is 5.32 Å². The summed E-state index contributed by atoms with van der Waals surface area (Å²) in [4.78, 5) is 4.59. The van der Waals surface area contributed by atoms with Crippen LogP contribution in [-0.2, 0) is 13.2 Å². The van der Waals surface area contributed by atoms with Gasteiger partial charge in [-0.1, -0.05) is 6.07 Å². The fourth-order valence-corrected chi connectivity index (χ4v) is 3.24. The zero-order chi connectivity index (χ0) is 20.8. The van der Waals surface area contributed by atoms with Crippen LogP contribution in [0, 0.1) is 12.7 Å². The third kappa shape index (κ3) is 3.65. The molecule has 2 heterocycles. The maximum atomic E-state index is 13.3. The molecule has 0 spiro atoms. The van der Waals surface area contributed by atoms with Gasteiger partial charge in [0.05, 0.1) is 27.9 Å². The molecular formula is C21H16F4N4. The summed E-state index contributed by atoms with van der Waals surface area (Å²) in [5.74, 6) is 0.0141. The molecule has 0 amide bonds. The van der Waals surface area contributed by atoms with Crippen molar-refractivity contribution in [3.05, 3.63) is 71.7 Å². The molecule has 0 bridgehead atoms. The molecule has 4 nitrogen and oxygen atoms in total. The molecule has 0 aliphatic carbocycles. The highest BCUT2D eigenvalue weighted by molar-refractivity contribution is 5.95. The van der Waals surface area contributed by atoms with Crippen molar-refractivity contribution in [1.82, 2.24) is 14.8 Å². The van der Waals surface area contributed by atoms with Crippen LogP contribution in [0.4, 0.5) is 29.1 Å². The number of aromatic nitrogens is 3. The molecule has 1 N–H and O–H groups in total. The molecule has 2 aromatic heterocycles. The summed E-state index contributed by atoms with van der Waals surface area (Å²) < 4.78 is 54.1. The predicted octanol–water partition coefficient (Wildman–Crippen LogP) is 5.85. The van der Waals surface area contributed by atoms with Crippen LogP contribution in [-0.4, -0.2) is 14.8 Å². The lowest BCUT2D eigenvalue weighted by atomic mass is 10.1. The van der Waals surface area contributed by atoms with Crippen molar-refractivity contribution >= 4 is 22.4 Å². The standard InChI is InChI=1S/C21H16F4N4/c1-12-19-18(29(2)28-12)11-17(13-6-8-15(22)9-7-13)27-20(19)26-16-5-3-4-14(10-16)21(23,24)25/h3-11H,1-2H3,(H,26,27). The highest BCUT2D eigenvalue weighted by Gasteiger charge is 2.30. The molecular weight excluding hydrogens is 384 g/mol. The molecule has 29 heavy (non-hydrogen) atoms. The Balaban J connectivity index is 1.86. The number of nitrogens with zero attached hydrogens (tertiary/aromatic N) is 3. The van der Waals surface area contributed by atoms with Crippen LogP contribution in [0.3, 0.4) is 0 Å². The first-order valence-corrected chi connectivity index (χ1v) is 8.77. The van der Waals surface area contributed by atoms with E-state index in [0.717, 1.165) is 17.6 Å². The van der Waals surface area contributed by atoms with Crippen LogP contribution in [0.1, 0.15) is 11.3 Å². The topological polar surface area (TPSA) is 42.7 Å². The van der Waals surface area contributed by atoms with Gasteiger partial charge in [-0.05, 0) is 55.5 Å². The van der Waals surface area contributed by atoms with Gasteiger partial charge >= 0.3 is 6.18 Å². The van der Waals surface area contributed by atoms with E-state index in [4.69, 9.17) is 0 Å².